The van der Waals surface area contributed by atoms with Gasteiger partial charge < -0.3 is 4.74 Å². The molecule has 3 aromatic heterocycles. The Labute approximate surface area is 272 Å². The second kappa shape index (κ2) is 12.8. The van der Waals surface area contributed by atoms with Crippen molar-refractivity contribution in [2.24, 2.45) is 10.8 Å². The number of hydrogen-bond acceptors (Lipinski definition) is 11. The lowest BCUT2D eigenvalue weighted by Crippen LogP contribution is -2.57. The van der Waals surface area contributed by atoms with Gasteiger partial charge in [0.25, 0.3) is 5.40 Å². The van der Waals surface area contributed by atoms with Gasteiger partial charge in [0.2, 0.25) is 0 Å². The zero-order chi connectivity index (χ0) is 32.1. The van der Waals surface area contributed by atoms with E-state index >= 15 is 0 Å². The third kappa shape index (κ3) is 6.79. The maximum atomic E-state index is 12.8. The molecule has 0 spiro atoms. The van der Waals surface area contributed by atoms with Gasteiger partial charge in [0.05, 0.1) is 18.7 Å². The number of pyridine rings is 1. The fraction of sp³-hybridized carbons (Fsp3) is 0.613. The largest absolute Gasteiger partial charge is 0.484 e. The molecule has 44 heavy (non-hydrogen) atoms. The van der Waals surface area contributed by atoms with E-state index in [1.807, 2.05) is 46.4 Å². The van der Waals surface area contributed by atoms with E-state index in [9.17, 15) is 9.79 Å². The first kappa shape index (κ1) is 34.2. The maximum absolute atomic E-state index is 12.8. The van der Waals surface area contributed by atoms with Crippen molar-refractivity contribution >= 4 is 38.3 Å². The van der Waals surface area contributed by atoms with E-state index in [0.717, 1.165) is 58.8 Å². The molecule has 0 aromatic carbocycles. The molecule has 0 amide bonds. The maximum Gasteiger partial charge on any atom is 0.333 e. The molecule has 13 heteroatoms. The molecule has 2 saturated heterocycles. The summed E-state index contributed by atoms with van der Waals surface area (Å²) < 4.78 is 14.9. The number of nitrogens with zero attached hydrogens (tertiary/aromatic N) is 6. The lowest BCUT2D eigenvalue weighted by Gasteiger charge is -2.52. The van der Waals surface area contributed by atoms with Crippen LogP contribution >= 0.6 is 38.3 Å². The summed E-state index contributed by atoms with van der Waals surface area (Å²) in [5.74, 6) is 0. The Kier molecular flexibility index (Phi) is 9.99. The Balaban J connectivity index is 1.35. The molecule has 0 unspecified atom stereocenters. The van der Waals surface area contributed by atoms with Crippen molar-refractivity contribution in [1.82, 2.24) is 28.6 Å². The molecule has 0 aliphatic carbocycles. The molecule has 3 aromatic rings. The number of ether oxygens (including phenoxy) is 1. The van der Waals surface area contributed by atoms with E-state index in [0.29, 0.717) is 13.0 Å². The van der Waals surface area contributed by atoms with Gasteiger partial charge in [-0.1, -0.05) is 27.7 Å². The lowest BCUT2D eigenvalue weighted by atomic mass is 9.93. The van der Waals surface area contributed by atoms with Crippen LogP contribution in [0.1, 0.15) is 43.1 Å². The molecular weight excluding hydrogens is 630 g/mol. The fourth-order valence-electron chi connectivity index (χ4n) is 7.13. The van der Waals surface area contributed by atoms with Crippen molar-refractivity contribution in [3.05, 3.63) is 52.1 Å². The van der Waals surface area contributed by atoms with Gasteiger partial charge in [0, 0.05) is 88.5 Å². The molecule has 2 aliphatic heterocycles. The number of thiazole rings is 1. The smallest absolute Gasteiger partial charge is 0.333 e. The molecule has 0 bridgehead atoms. The first-order valence-electron chi connectivity index (χ1n) is 15.2. The summed E-state index contributed by atoms with van der Waals surface area (Å²) in [6.45, 7) is 14.8. The number of aromatic nitrogens is 2. The monoisotopic (exact) mass is 680 g/mol. The van der Waals surface area contributed by atoms with Gasteiger partial charge >= 0.3 is 15.6 Å². The summed E-state index contributed by atoms with van der Waals surface area (Å²) in [6.07, 6.45) is 4.92. The van der Waals surface area contributed by atoms with Crippen LogP contribution in [0.2, 0.25) is 0 Å². The van der Waals surface area contributed by atoms with Gasteiger partial charge in [0.1, 0.15) is 5.01 Å². The fourth-order valence-corrected chi connectivity index (χ4v) is 19.2. The van der Waals surface area contributed by atoms with Crippen LogP contribution in [-0.4, -0.2) is 105 Å². The summed E-state index contributed by atoms with van der Waals surface area (Å²) in [7, 11) is 2.38. The van der Waals surface area contributed by atoms with Gasteiger partial charge in [-0.3, -0.25) is 4.98 Å². The number of thiophene rings is 1. The molecule has 5 rings (SSSR count). The van der Waals surface area contributed by atoms with Crippen molar-refractivity contribution in [1.29, 1.82) is 0 Å². The summed E-state index contributed by atoms with van der Waals surface area (Å²) in [5, 5.41) is 1.53. The predicted octanol–water partition coefficient (Wildman–Crippen LogP) is 6.38. The van der Waals surface area contributed by atoms with Crippen LogP contribution < -0.4 is 4.74 Å². The molecule has 2 aliphatic rings. The van der Waals surface area contributed by atoms with Crippen LogP contribution in [0.4, 0.5) is 0 Å². The second-order valence-corrected chi connectivity index (χ2v) is 23.3. The van der Waals surface area contributed by atoms with Crippen LogP contribution in [-0.2, 0) is 12.8 Å². The van der Waals surface area contributed by atoms with Crippen LogP contribution in [0.25, 0.3) is 10.6 Å². The molecule has 0 saturated carbocycles. The molecule has 242 valence electrons. The Bertz CT molecular complexity index is 1360. The SMILES string of the molecule is Cc1sc(-c2ccncc2)nc1CCOc1ccc(CC([P+]2(O)N(C)CC(C)(C)CN2C)[P+]2(O)N(C)CC(C)(C)CN2C)s1. The van der Waals surface area contributed by atoms with E-state index in [1.54, 1.807) is 35.1 Å². The minimum absolute atomic E-state index is 0.0480. The highest BCUT2D eigenvalue weighted by atomic mass is 32.1. The minimum Gasteiger partial charge on any atom is -0.484 e. The van der Waals surface area contributed by atoms with Crippen molar-refractivity contribution in [3.8, 4) is 15.6 Å². The molecule has 2 N–H and O–H groups in total. The van der Waals surface area contributed by atoms with Crippen molar-refractivity contribution < 1.29 is 14.5 Å². The molecule has 2 fully saturated rings. The standard InChI is InChI=1S/C31H50N6O3P2S2/c1-23-26(33-29(43-23)24-12-15-32-16-13-24)14-17-40-27-11-10-25(44-27)18-28(41(38)34(6)19-30(2,3)20-35(41)7)42(39)36(8)21-31(4,5)22-37(42)9/h10-13,15-16,28,38-39H,14,17-22H2,1-9H3/q+2. The number of hydrogen-bond donors (Lipinski definition) is 2. The summed E-state index contributed by atoms with van der Waals surface area (Å²) in [6, 6.07) is 8.13. The number of rotatable bonds is 9. The van der Waals surface area contributed by atoms with E-state index in [2.05, 4.69) is 64.4 Å². The Morgan fingerprint density at radius 1 is 0.841 bits per heavy atom. The zero-order valence-electron chi connectivity index (χ0n) is 27.7. The zero-order valence-corrected chi connectivity index (χ0v) is 31.1. The molecule has 9 nitrogen and oxygen atoms in total. The highest BCUT2D eigenvalue weighted by Crippen LogP contribution is 2.83. The van der Waals surface area contributed by atoms with Gasteiger partial charge in [-0.05, 0) is 42.0 Å². The van der Waals surface area contributed by atoms with Crippen LogP contribution in [0.3, 0.4) is 0 Å². The van der Waals surface area contributed by atoms with Crippen molar-refractivity contribution in [2.45, 2.75) is 52.9 Å². The third-order valence-electron chi connectivity index (χ3n) is 8.86. The summed E-state index contributed by atoms with van der Waals surface area (Å²) in [4.78, 5) is 36.9. The molecule has 5 heterocycles. The Hall–Kier alpha value is -1.10. The van der Waals surface area contributed by atoms with E-state index < -0.39 is 15.6 Å². The Morgan fingerprint density at radius 3 is 1.89 bits per heavy atom. The summed E-state index contributed by atoms with van der Waals surface area (Å²) in [5.41, 5.74) is 2.25. The van der Waals surface area contributed by atoms with E-state index in [-0.39, 0.29) is 16.2 Å². The molecular formula is C31H50N6O3P2S2+2. The van der Waals surface area contributed by atoms with Gasteiger partial charge in [0.15, 0.2) is 5.06 Å². The van der Waals surface area contributed by atoms with Crippen molar-refractivity contribution in [2.75, 3.05) is 61.0 Å². The second-order valence-electron chi connectivity index (χ2n) is 14.1. The van der Waals surface area contributed by atoms with Crippen LogP contribution in [0, 0.1) is 17.8 Å². The average molecular weight is 681 g/mol. The average Bonchev–Trinajstić information content (AvgIpc) is 3.54. The van der Waals surface area contributed by atoms with E-state index in [4.69, 9.17) is 9.72 Å². The Morgan fingerprint density at radius 2 is 1.36 bits per heavy atom. The minimum atomic E-state index is -2.89. The quantitative estimate of drug-likeness (QED) is 0.250. The highest BCUT2D eigenvalue weighted by Gasteiger charge is 2.74. The first-order chi connectivity index (χ1) is 20.5. The van der Waals surface area contributed by atoms with Crippen LogP contribution in [0.5, 0.6) is 5.06 Å². The van der Waals surface area contributed by atoms with Gasteiger partial charge in [-0.2, -0.15) is 0 Å². The normalized spacial score (nSPS) is 22.5. The van der Waals surface area contributed by atoms with Crippen molar-refractivity contribution in [3.63, 3.8) is 0 Å². The number of aryl methyl sites for hydroxylation is 1. The highest BCUT2D eigenvalue weighted by molar-refractivity contribution is 7.83. The predicted molar refractivity (Wildman–Crippen MR) is 187 cm³/mol. The molecule has 0 atom stereocenters. The lowest BCUT2D eigenvalue weighted by molar-refractivity contribution is 0.156. The molecule has 0 radical (unpaired) electrons. The topological polar surface area (TPSA) is 88.4 Å². The van der Waals surface area contributed by atoms with Gasteiger partial charge in [-0.15, -0.1) is 41.4 Å². The van der Waals surface area contributed by atoms with Crippen LogP contribution in [0.15, 0.2) is 36.7 Å². The van der Waals surface area contributed by atoms with Gasteiger partial charge in [-0.25, -0.2) is 14.8 Å². The third-order valence-corrected chi connectivity index (χ3v) is 19.4. The summed E-state index contributed by atoms with van der Waals surface area (Å²) >= 11 is 3.33. The van der Waals surface area contributed by atoms with E-state index in [1.165, 1.54) is 4.88 Å². The first-order valence-corrected chi connectivity index (χ1v) is 20.3.